The molecule has 37 heavy (non-hydrogen) atoms. The Bertz CT molecular complexity index is 764. The molecule has 1 saturated heterocycles. The standard InChI is InChI=1S/C23H40N4O10/c1-15(2)20(23(33)34)26-21(31)17-4-3-7-27(17)22(32)16(14-19(29)30)25-18(28)5-8-35-10-12-37-13-11-36-9-6-24/h15-17,20H,3-14,24H2,1-2H3,(H,25,28)(H,26,31)(H,29,30)(H,33,34)/t16-,17-,20-/m0/s1. The third kappa shape index (κ3) is 12.3. The second-order valence-electron chi connectivity index (χ2n) is 8.85. The number of ether oxygens (including phenoxy) is 3. The first-order valence-electron chi connectivity index (χ1n) is 12.4. The lowest BCUT2D eigenvalue weighted by Crippen LogP contribution is -2.56. The number of nitrogens with two attached hydrogens (primary N) is 1. The van der Waals surface area contributed by atoms with E-state index in [-0.39, 0.29) is 32.1 Å². The SMILES string of the molecule is CC(C)[C@H](NC(=O)[C@@H]1CCCN1C(=O)[C@H](CC(=O)O)NC(=O)CCOCCOCCOCCN)C(=O)O. The van der Waals surface area contributed by atoms with Gasteiger partial charge in [-0.1, -0.05) is 13.8 Å². The first-order chi connectivity index (χ1) is 17.6. The molecule has 14 heteroatoms. The van der Waals surface area contributed by atoms with E-state index in [9.17, 15) is 34.2 Å². The Balaban J connectivity index is 2.57. The van der Waals surface area contributed by atoms with Crippen molar-refractivity contribution in [3.8, 4) is 0 Å². The van der Waals surface area contributed by atoms with E-state index >= 15 is 0 Å². The van der Waals surface area contributed by atoms with Gasteiger partial charge >= 0.3 is 11.9 Å². The number of aliphatic carboxylic acids is 2. The summed E-state index contributed by atoms with van der Waals surface area (Å²) in [5.74, 6) is -4.80. The van der Waals surface area contributed by atoms with Gasteiger partial charge in [-0.25, -0.2) is 4.79 Å². The topological polar surface area (TPSA) is 207 Å². The molecule has 0 bridgehead atoms. The van der Waals surface area contributed by atoms with Crippen molar-refractivity contribution in [3.05, 3.63) is 0 Å². The molecule has 1 aliphatic rings. The summed E-state index contributed by atoms with van der Waals surface area (Å²) in [4.78, 5) is 62.2. The summed E-state index contributed by atoms with van der Waals surface area (Å²) in [7, 11) is 0. The van der Waals surface area contributed by atoms with Gasteiger partial charge in [-0.2, -0.15) is 0 Å². The molecule has 6 N–H and O–H groups in total. The van der Waals surface area contributed by atoms with Gasteiger partial charge in [0.15, 0.2) is 0 Å². The minimum atomic E-state index is -1.38. The Morgan fingerprint density at radius 2 is 1.54 bits per heavy atom. The van der Waals surface area contributed by atoms with Crippen molar-refractivity contribution >= 4 is 29.7 Å². The van der Waals surface area contributed by atoms with E-state index in [0.29, 0.717) is 45.8 Å². The van der Waals surface area contributed by atoms with Crippen LogP contribution in [0.1, 0.15) is 39.5 Å². The van der Waals surface area contributed by atoms with E-state index < -0.39 is 54.2 Å². The van der Waals surface area contributed by atoms with Gasteiger partial charge in [0.1, 0.15) is 18.1 Å². The summed E-state index contributed by atoms with van der Waals surface area (Å²) in [5, 5.41) is 23.5. The monoisotopic (exact) mass is 532 g/mol. The maximum atomic E-state index is 13.1. The van der Waals surface area contributed by atoms with Gasteiger partial charge in [-0.15, -0.1) is 0 Å². The van der Waals surface area contributed by atoms with E-state index in [1.54, 1.807) is 13.8 Å². The molecule has 3 atom stereocenters. The van der Waals surface area contributed by atoms with Gasteiger partial charge in [0, 0.05) is 19.5 Å². The van der Waals surface area contributed by atoms with Crippen LogP contribution >= 0.6 is 0 Å². The number of carboxylic acid groups (broad SMARTS) is 2. The smallest absolute Gasteiger partial charge is 0.326 e. The number of amides is 3. The molecule has 0 aliphatic carbocycles. The molecule has 0 unspecified atom stereocenters. The number of likely N-dealkylation sites (tertiary alicyclic amines) is 1. The highest BCUT2D eigenvalue weighted by Crippen LogP contribution is 2.20. The van der Waals surface area contributed by atoms with E-state index in [4.69, 9.17) is 19.9 Å². The lowest BCUT2D eigenvalue weighted by molar-refractivity contribution is -0.147. The Morgan fingerprint density at radius 1 is 0.946 bits per heavy atom. The molecule has 0 radical (unpaired) electrons. The number of hydrogen-bond donors (Lipinski definition) is 5. The van der Waals surface area contributed by atoms with Crippen molar-refractivity contribution in [1.82, 2.24) is 15.5 Å². The number of carbonyl (C=O) groups is 5. The fourth-order valence-electron chi connectivity index (χ4n) is 3.70. The number of carboxylic acids is 2. The van der Waals surface area contributed by atoms with Gasteiger partial charge in [0.05, 0.1) is 46.1 Å². The van der Waals surface area contributed by atoms with Gasteiger partial charge in [0.25, 0.3) is 0 Å². The summed E-state index contributed by atoms with van der Waals surface area (Å²) in [5.41, 5.74) is 5.30. The first-order valence-corrected chi connectivity index (χ1v) is 12.4. The molecule has 3 amide bonds. The summed E-state index contributed by atoms with van der Waals surface area (Å²) in [6.07, 6.45) is -0.00146. The van der Waals surface area contributed by atoms with E-state index in [1.807, 2.05) is 0 Å². The van der Waals surface area contributed by atoms with Gasteiger partial charge in [-0.05, 0) is 18.8 Å². The Hall–Kier alpha value is -2.81. The van der Waals surface area contributed by atoms with E-state index in [0.717, 1.165) is 0 Å². The van der Waals surface area contributed by atoms with Crippen LogP contribution in [0.3, 0.4) is 0 Å². The molecule has 0 aromatic carbocycles. The van der Waals surface area contributed by atoms with E-state index in [2.05, 4.69) is 10.6 Å². The van der Waals surface area contributed by atoms with Crippen molar-refractivity contribution < 1.29 is 48.4 Å². The van der Waals surface area contributed by atoms with Gasteiger partial charge < -0.3 is 45.7 Å². The number of rotatable bonds is 19. The highest BCUT2D eigenvalue weighted by molar-refractivity contribution is 5.95. The highest BCUT2D eigenvalue weighted by Gasteiger charge is 2.39. The van der Waals surface area contributed by atoms with Gasteiger partial charge in [-0.3, -0.25) is 19.2 Å². The molecule has 212 valence electrons. The van der Waals surface area contributed by atoms with Crippen LogP contribution in [-0.2, 0) is 38.2 Å². The fourth-order valence-corrected chi connectivity index (χ4v) is 3.70. The quantitative estimate of drug-likeness (QED) is 0.122. The third-order valence-corrected chi connectivity index (χ3v) is 5.56. The minimum Gasteiger partial charge on any atom is -0.481 e. The van der Waals surface area contributed by atoms with Crippen LogP contribution in [0, 0.1) is 5.92 Å². The van der Waals surface area contributed by atoms with Crippen molar-refractivity contribution in [2.45, 2.75) is 57.7 Å². The minimum absolute atomic E-state index is 0.0351. The number of nitrogens with zero attached hydrogens (tertiary/aromatic N) is 1. The van der Waals surface area contributed by atoms with Crippen molar-refractivity contribution in [2.24, 2.45) is 11.7 Å². The third-order valence-electron chi connectivity index (χ3n) is 5.56. The first kappa shape index (κ1) is 32.2. The highest BCUT2D eigenvalue weighted by atomic mass is 16.5. The normalized spacial score (nSPS) is 16.9. The van der Waals surface area contributed by atoms with Crippen molar-refractivity contribution in [2.75, 3.05) is 52.7 Å². The summed E-state index contributed by atoms with van der Waals surface area (Å²) < 4.78 is 15.8. The van der Waals surface area contributed by atoms with Crippen LogP contribution in [0.15, 0.2) is 0 Å². The maximum Gasteiger partial charge on any atom is 0.326 e. The number of hydrogen-bond acceptors (Lipinski definition) is 9. The zero-order valence-electron chi connectivity index (χ0n) is 21.5. The maximum absolute atomic E-state index is 13.1. The molecule has 1 heterocycles. The van der Waals surface area contributed by atoms with Crippen molar-refractivity contribution in [3.63, 3.8) is 0 Å². The lowest BCUT2D eigenvalue weighted by Gasteiger charge is -2.29. The molecule has 0 spiro atoms. The zero-order valence-corrected chi connectivity index (χ0v) is 21.5. The van der Waals surface area contributed by atoms with Crippen LogP contribution in [0.5, 0.6) is 0 Å². The molecule has 1 aliphatic heterocycles. The van der Waals surface area contributed by atoms with Crippen LogP contribution in [0.25, 0.3) is 0 Å². The molecule has 14 nitrogen and oxygen atoms in total. The molecule has 1 rings (SSSR count). The van der Waals surface area contributed by atoms with Crippen molar-refractivity contribution in [1.29, 1.82) is 0 Å². The second-order valence-corrected chi connectivity index (χ2v) is 8.85. The number of nitrogens with one attached hydrogen (secondary N) is 2. The van der Waals surface area contributed by atoms with Crippen LogP contribution in [-0.4, -0.2) is 116 Å². The Morgan fingerprint density at radius 3 is 2.08 bits per heavy atom. The largest absolute Gasteiger partial charge is 0.481 e. The van der Waals surface area contributed by atoms with Crippen LogP contribution in [0.4, 0.5) is 0 Å². The Kier molecular flexibility index (Phi) is 15.3. The van der Waals surface area contributed by atoms with E-state index in [1.165, 1.54) is 4.90 Å². The molecule has 0 aromatic heterocycles. The molecular formula is C23H40N4O10. The Labute approximate surface area is 216 Å². The predicted octanol–water partition coefficient (Wildman–Crippen LogP) is -1.44. The molecular weight excluding hydrogens is 492 g/mol. The number of carbonyl (C=O) groups excluding carboxylic acids is 3. The zero-order chi connectivity index (χ0) is 27.8. The summed E-state index contributed by atoms with van der Waals surface area (Å²) >= 11 is 0. The van der Waals surface area contributed by atoms with Gasteiger partial charge in [0.2, 0.25) is 17.7 Å². The molecule has 0 saturated carbocycles. The molecule has 1 fully saturated rings. The summed E-state index contributed by atoms with van der Waals surface area (Å²) in [6, 6.07) is -3.46. The summed E-state index contributed by atoms with van der Waals surface area (Å²) in [6.45, 7) is 5.72. The fraction of sp³-hybridized carbons (Fsp3) is 0.783. The lowest BCUT2D eigenvalue weighted by atomic mass is 10.0. The second kappa shape index (κ2) is 17.6. The van der Waals surface area contributed by atoms with Crippen LogP contribution in [0.2, 0.25) is 0 Å². The molecule has 0 aromatic rings. The average molecular weight is 533 g/mol. The van der Waals surface area contributed by atoms with Crippen LogP contribution < -0.4 is 16.4 Å². The average Bonchev–Trinajstić information content (AvgIpc) is 3.32. The predicted molar refractivity (Wildman–Crippen MR) is 129 cm³/mol.